The summed E-state index contributed by atoms with van der Waals surface area (Å²) in [6.45, 7) is 5.66. The third-order valence-electron chi connectivity index (χ3n) is 9.72. The van der Waals surface area contributed by atoms with E-state index in [9.17, 15) is 27.9 Å². The monoisotopic (exact) mass is 692 g/mol. The Morgan fingerprint density at radius 1 is 1.10 bits per heavy atom. The molecule has 5 atom stereocenters. The standard InChI is InChI=1S/C36H44N4O8S/c1-5-23-19-36(23,35(44)39-49(45,46)26-12-13-26)38-33(42)30-17-25(20-40(30)34(43)31(41)15-21(2)3)48-32-18-28(22-9-7-6-8-10-22)37-29-16-24(47-4)11-14-27(29)32/h6-11,14,16,18,21,23,25-26,30-31,41H,5,12-13,15,17,19-20H2,1-4H3,(H,38,42)(H,39,44)/t23?,25-,30+,31+,36-/m1/s1. The predicted molar refractivity (Wildman–Crippen MR) is 183 cm³/mol. The molecule has 1 saturated heterocycles. The van der Waals surface area contributed by atoms with Crippen molar-refractivity contribution >= 4 is 38.6 Å². The van der Waals surface area contributed by atoms with Crippen molar-refractivity contribution in [2.75, 3.05) is 13.7 Å². The van der Waals surface area contributed by atoms with E-state index in [0.29, 0.717) is 47.4 Å². The van der Waals surface area contributed by atoms with Crippen LogP contribution < -0.4 is 19.5 Å². The summed E-state index contributed by atoms with van der Waals surface area (Å²) in [6.07, 6.45) is 0.120. The highest BCUT2D eigenvalue weighted by Crippen LogP contribution is 2.47. The molecule has 13 heteroatoms. The van der Waals surface area contributed by atoms with Crippen molar-refractivity contribution in [1.82, 2.24) is 19.9 Å². The summed E-state index contributed by atoms with van der Waals surface area (Å²) in [7, 11) is -2.26. The van der Waals surface area contributed by atoms with Gasteiger partial charge in [0.05, 0.1) is 30.1 Å². The van der Waals surface area contributed by atoms with Crippen molar-refractivity contribution in [3.8, 4) is 22.8 Å². The highest BCUT2D eigenvalue weighted by atomic mass is 32.2. The van der Waals surface area contributed by atoms with Crippen molar-refractivity contribution in [3.05, 3.63) is 54.6 Å². The summed E-state index contributed by atoms with van der Waals surface area (Å²) in [5, 5.41) is 13.8. The Morgan fingerprint density at radius 2 is 1.84 bits per heavy atom. The number of amides is 3. The number of hydrogen-bond acceptors (Lipinski definition) is 9. The van der Waals surface area contributed by atoms with Crippen LogP contribution in [0.5, 0.6) is 11.5 Å². The number of pyridine rings is 1. The number of sulfonamides is 1. The minimum Gasteiger partial charge on any atom is -0.497 e. The highest BCUT2D eigenvalue weighted by Gasteiger charge is 2.62. The number of nitrogens with zero attached hydrogens (tertiary/aromatic N) is 2. The van der Waals surface area contributed by atoms with Gasteiger partial charge in [0.2, 0.25) is 15.9 Å². The van der Waals surface area contributed by atoms with Crippen LogP contribution in [0.1, 0.15) is 59.3 Å². The number of methoxy groups -OCH3 is 1. The lowest BCUT2D eigenvalue weighted by Crippen LogP contribution is -2.57. The number of carbonyl (C=O) groups is 3. The molecule has 3 amide bonds. The van der Waals surface area contributed by atoms with Crippen LogP contribution in [-0.2, 0) is 24.4 Å². The lowest BCUT2D eigenvalue weighted by atomic mass is 10.0. The average molecular weight is 693 g/mol. The van der Waals surface area contributed by atoms with Crippen molar-refractivity contribution in [2.24, 2.45) is 11.8 Å². The molecule has 3 fully saturated rings. The fourth-order valence-corrected chi connectivity index (χ4v) is 8.11. The Kier molecular flexibility index (Phi) is 9.60. The Morgan fingerprint density at radius 3 is 2.47 bits per heavy atom. The lowest BCUT2D eigenvalue weighted by Gasteiger charge is -2.28. The molecule has 1 unspecified atom stereocenters. The third-order valence-corrected chi connectivity index (χ3v) is 11.5. The number of aliphatic hydroxyl groups excluding tert-OH is 1. The second-order valence-corrected chi connectivity index (χ2v) is 15.8. The topological polar surface area (TPSA) is 164 Å². The molecule has 2 aromatic carbocycles. The Hall–Kier alpha value is -4.23. The molecule has 3 aromatic rings. The van der Waals surface area contributed by atoms with E-state index < -0.39 is 56.8 Å². The minimum atomic E-state index is -3.83. The first kappa shape index (κ1) is 34.6. The van der Waals surface area contributed by atoms with Crippen molar-refractivity contribution < 1.29 is 37.4 Å². The summed E-state index contributed by atoms with van der Waals surface area (Å²) in [4.78, 5) is 47.3. The number of likely N-dealkylation sites (tertiary alicyclic amines) is 1. The number of fused-ring (bicyclic) bond motifs is 1. The van der Waals surface area contributed by atoms with Crippen molar-refractivity contribution in [2.45, 2.75) is 88.3 Å². The molecule has 49 heavy (non-hydrogen) atoms. The van der Waals surface area contributed by atoms with Crippen LogP contribution >= 0.6 is 0 Å². The minimum absolute atomic E-state index is 0.0131. The number of nitrogens with one attached hydrogen (secondary N) is 2. The lowest BCUT2D eigenvalue weighted by molar-refractivity contribution is -0.146. The molecule has 0 spiro atoms. The van der Waals surface area contributed by atoms with E-state index in [1.54, 1.807) is 13.2 Å². The van der Waals surface area contributed by atoms with Gasteiger partial charge in [-0.15, -0.1) is 0 Å². The maximum Gasteiger partial charge on any atom is 0.259 e. The van der Waals surface area contributed by atoms with Gasteiger partial charge in [0.1, 0.15) is 35.3 Å². The quantitative estimate of drug-likeness (QED) is 0.243. The van der Waals surface area contributed by atoms with E-state index in [1.807, 2.05) is 69.3 Å². The van der Waals surface area contributed by atoms with Gasteiger partial charge in [-0.2, -0.15) is 0 Å². The highest BCUT2D eigenvalue weighted by molar-refractivity contribution is 7.91. The van der Waals surface area contributed by atoms with Crippen LogP contribution in [0.3, 0.4) is 0 Å². The van der Waals surface area contributed by atoms with Gasteiger partial charge >= 0.3 is 0 Å². The summed E-state index contributed by atoms with van der Waals surface area (Å²) < 4.78 is 39.5. The molecule has 262 valence electrons. The molecule has 6 rings (SSSR count). The number of aliphatic hydroxyl groups is 1. The van der Waals surface area contributed by atoms with Gasteiger partial charge in [0, 0.05) is 29.5 Å². The van der Waals surface area contributed by atoms with E-state index in [2.05, 4.69) is 10.0 Å². The van der Waals surface area contributed by atoms with Crippen LogP contribution in [-0.4, -0.2) is 83.8 Å². The number of benzene rings is 2. The van der Waals surface area contributed by atoms with E-state index in [0.717, 1.165) is 5.56 Å². The van der Waals surface area contributed by atoms with E-state index >= 15 is 0 Å². The van der Waals surface area contributed by atoms with Crippen LogP contribution in [0.15, 0.2) is 54.6 Å². The summed E-state index contributed by atoms with van der Waals surface area (Å²) >= 11 is 0. The van der Waals surface area contributed by atoms with E-state index in [4.69, 9.17) is 14.5 Å². The molecule has 1 aliphatic heterocycles. The third kappa shape index (κ3) is 7.23. The molecule has 0 radical (unpaired) electrons. The molecular weight excluding hydrogens is 648 g/mol. The summed E-state index contributed by atoms with van der Waals surface area (Å²) in [6, 6.07) is 15.8. The number of rotatable bonds is 13. The number of ether oxygens (including phenoxy) is 2. The van der Waals surface area contributed by atoms with Crippen LogP contribution in [0, 0.1) is 11.8 Å². The zero-order chi connectivity index (χ0) is 35.1. The summed E-state index contributed by atoms with van der Waals surface area (Å²) in [5.41, 5.74) is 0.772. The molecule has 3 aliphatic rings. The van der Waals surface area contributed by atoms with Crippen LogP contribution in [0.2, 0.25) is 0 Å². The van der Waals surface area contributed by atoms with E-state index in [1.165, 1.54) is 4.90 Å². The second kappa shape index (κ2) is 13.6. The molecule has 0 bridgehead atoms. The zero-order valence-corrected chi connectivity index (χ0v) is 29.0. The van der Waals surface area contributed by atoms with Crippen LogP contribution in [0.25, 0.3) is 22.2 Å². The Balaban J connectivity index is 1.29. The van der Waals surface area contributed by atoms with Gasteiger partial charge in [0.15, 0.2) is 0 Å². The smallest absolute Gasteiger partial charge is 0.259 e. The van der Waals surface area contributed by atoms with E-state index in [-0.39, 0.29) is 37.6 Å². The van der Waals surface area contributed by atoms with Crippen molar-refractivity contribution in [3.63, 3.8) is 0 Å². The first-order valence-corrected chi connectivity index (χ1v) is 18.5. The van der Waals surface area contributed by atoms with Gasteiger partial charge in [-0.05, 0) is 49.7 Å². The number of carbonyl (C=O) groups excluding carboxylic acids is 3. The zero-order valence-electron chi connectivity index (χ0n) is 28.2. The Bertz CT molecular complexity index is 1850. The van der Waals surface area contributed by atoms with Gasteiger partial charge in [0.25, 0.3) is 11.8 Å². The van der Waals surface area contributed by atoms with Gasteiger partial charge in [-0.3, -0.25) is 19.1 Å². The molecular formula is C36H44N4O8S. The number of hydrogen-bond donors (Lipinski definition) is 3. The summed E-state index contributed by atoms with van der Waals surface area (Å²) in [5.74, 6) is -1.07. The predicted octanol–water partition coefficient (Wildman–Crippen LogP) is 3.56. The largest absolute Gasteiger partial charge is 0.497 e. The normalized spacial score (nSPS) is 24.0. The fraction of sp³-hybridized carbons (Fsp3) is 0.500. The second-order valence-electron chi connectivity index (χ2n) is 13.8. The Labute approximate surface area is 286 Å². The molecule has 2 saturated carbocycles. The molecule has 1 aromatic heterocycles. The molecule has 12 nitrogen and oxygen atoms in total. The number of aromatic nitrogens is 1. The first-order chi connectivity index (χ1) is 23.3. The average Bonchev–Trinajstić information content (AvgIpc) is 4.01. The van der Waals surface area contributed by atoms with Crippen molar-refractivity contribution in [1.29, 1.82) is 0 Å². The van der Waals surface area contributed by atoms with Gasteiger partial charge in [-0.25, -0.2) is 13.4 Å². The maximum absolute atomic E-state index is 14.1. The first-order valence-electron chi connectivity index (χ1n) is 16.9. The molecule has 2 heterocycles. The fourth-order valence-electron chi connectivity index (χ4n) is 6.75. The molecule has 2 aliphatic carbocycles. The van der Waals surface area contributed by atoms with Gasteiger partial charge in [-0.1, -0.05) is 57.5 Å². The van der Waals surface area contributed by atoms with Gasteiger partial charge < -0.3 is 24.8 Å². The SMILES string of the molecule is CCC1C[C@]1(NC(=O)[C@@H]1C[C@@H](Oc2cc(-c3ccccc3)nc3cc(OC)ccc23)CN1C(=O)[C@@H](O)CC(C)C)C(=O)NS(=O)(=O)C1CC1. The van der Waals surface area contributed by atoms with Crippen LogP contribution in [0.4, 0.5) is 0 Å². The molecule has 3 N–H and O–H groups in total. The maximum atomic E-state index is 14.1.